The monoisotopic (exact) mass is 470 g/mol. The quantitative estimate of drug-likeness (QED) is 0.432. The maximum atomic E-state index is 6.52. The maximum Gasteiger partial charge on any atom is 0.0981 e. The molecule has 1 aliphatic carbocycles. The van der Waals surface area contributed by atoms with E-state index in [2.05, 4.69) is 62.6 Å². The molecule has 5 atom stereocenters. The first-order valence-electron chi connectivity index (χ1n) is 14.4. The lowest BCUT2D eigenvalue weighted by Crippen LogP contribution is -2.50. The van der Waals surface area contributed by atoms with Crippen LogP contribution in [0.25, 0.3) is 0 Å². The molecule has 4 nitrogen and oxygen atoms in total. The van der Waals surface area contributed by atoms with E-state index in [4.69, 9.17) is 9.47 Å². The zero-order valence-corrected chi connectivity index (χ0v) is 22.2. The standard InChI is InChI=1S/C30H50N2O2/c1-21(2)33-29(24-10-6-5-7-11-24)28-18-17-26(20-32-28)23-13-15-25(16-14-23)30(34-22(3)4)27-12-8-9-19-31-27/h13-16,21-22,24,26-32H,5-12,17-20H2,1-4H3. The third-order valence-electron chi connectivity index (χ3n) is 8.26. The molecule has 2 heterocycles. The number of ether oxygens (including phenoxy) is 2. The smallest absolute Gasteiger partial charge is 0.0981 e. The molecule has 2 saturated heterocycles. The topological polar surface area (TPSA) is 42.5 Å². The second kappa shape index (κ2) is 12.9. The van der Waals surface area contributed by atoms with E-state index in [1.807, 2.05) is 0 Å². The Bertz CT molecular complexity index is 699. The zero-order chi connectivity index (χ0) is 23.9. The lowest BCUT2D eigenvalue weighted by Gasteiger charge is -2.41. The van der Waals surface area contributed by atoms with E-state index in [9.17, 15) is 0 Å². The minimum absolute atomic E-state index is 0.146. The predicted octanol–water partition coefficient (Wildman–Crippen LogP) is 6.50. The minimum atomic E-state index is 0.146. The Labute approximate surface area is 208 Å². The first kappa shape index (κ1) is 26.1. The summed E-state index contributed by atoms with van der Waals surface area (Å²) in [6.07, 6.45) is 14.1. The summed E-state index contributed by atoms with van der Waals surface area (Å²) >= 11 is 0. The Morgan fingerprint density at radius 3 is 2.00 bits per heavy atom. The van der Waals surface area contributed by atoms with Crippen LogP contribution in [0, 0.1) is 5.92 Å². The van der Waals surface area contributed by atoms with Crippen LogP contribution in [0.4, 0.5) is 0 Å². The molecule has 2 aliphatic heterocycles. The molecule has 0 bridgehead atoms. The highest BCUT2D eigenvalue weighted by Crippen LogP contribution is 2.35. The molecule has 3 aliphatic rings. The number of piperidine rings is 2. The van der Waals surface area contributed by atoms with Crippen LogP contribution in [0.1, 0.15) is 115 Å². The highest BCUT2D eigenvalue weighted by atomic mass is 16.5. The predicted molar refractivity (Wildman–Crippen MR) is 141 cm³/mol. The SMILES string of the molecule is CC(C)OC(c1ccc(C2CCC(C(OC(C)C)C3CCCCC3)NC2)cc1)C1CCCCN1. The maximum absolute atomic E-state index is 6.52. The summed E-state index contributed by atoms with van der Waals surface area (Å²) in [6, 6.07) is 10.3. The summed E-state index contributed by atoms with van der Waals surface area (Å²) in [7, 11) is 0. The molecule has 1 aromatic carbocycles. The van der Waals surface area contributed by atoms with Crippen LogP contribution in [0.5, 0.6) is 0 Å². The van der Waals surface area contributed by atoms with Gasteiger partial charge in [0.05, 0.1) is 24.4 Å². The summed E-state index contributed by atoms with van der Waals surface area (Å²) in [5.41, 5.74) is 2.79. The van der Waals surface area contributed by atoms with Gasteiger partial charge in [-0.1, -0.05) is 49.9 Å². The Morgan fingerprint density at radius 1 is 0.706 bits per heavy atom. The van der Waals surface area contributed by atoms with Crippen molar-refractivity contribution in [3.8, 4) is 0 Å². The zero-order valence-electron chi connectivity index (χ0n) is 22.2. The third-order valence-corrected chi connectivity index (χ3v) is 8.26. The van der Waals surface area contributed by atoms with Gasteiger partial charge in [0.1, 0.15) is 0 Å². The molecule has 0 aromatic heterocycles. The average molecular weight is 471 g/mol. The van der Waals surface area contributed by atoms with Gasteiger partial charge in [0, 0.05) is 18.6 Å². The Balaban J connectivity index is 1.37. The molecule has 0 radical (unpaired) electrons. The number of benzene rings is 1. The van der Waals surface area contributed by atoms with Gasteiger partial charge >= 0.3 is 0 Å². The molecule has 192 valence electrons. The van der Waals surface area contributed by atoms with Gasteiger partial charge in [-0.05, 0) is 95.7 Å². The fraction of sp³-hybridized carbons (Fsp3) is 0.800. The van der Waals surface area contributed by atoms with Crippen molar-refractivity contribution < 1.29 is 9.47 Å². The Hall–Kier alpha value is -0.940. The first-order valence-corrected chi connectivity index (χ1v) is 14.4. The Morgan fingerprint density at radius 2 is 1.41 bits per heavy atom. The normalized spacial score (nSPS) is 28.8. The minimum Gasteiger partial charge on any atom is -0.374 e. The molecule has 4 heteroatoms. The molecular weight excluding hydrogens is 420 g/mol. The van der Waals surface area contributed by atoms with Crippen molar-refractivity contribution in [3.63, 3.8) is 0 Å². The van der Waals surface area contributed by atoms with E-state index in [1.54, 1.807) is 0 Å². The molecule has 34 heavy (non-hydrogen) atoms. The largest absolute Gasteiger partial charge is 0.374 e. The summed E-state index contributed by atoms with van der Waals surface area (Å²) in [4.78, 5) is 0. The van der Waals surface area contributed by atoms with Crippen LogP contribution in [0.15, 0.2) is 24.3 Å². The van der Waals surface area contributed by atoms with Crippen LogP contribution in [0.3, 0.4) is 0 Å². The molecular formula is C30H50N2O2. The lowest BCUT2D eigenvalue weighted by atomic mass is 9.78. The third kappa shape index (κ3) is 7.06. The van der Waals surface area contributed by atoms with Crippen LogP contribution < -0.4 is 10.6 Å². The lowest BCUT2D eigenvalue weighted by molar-refractivity contribution is -0.0606. The fourth-order valence-electron chi connectivity index (χ4n) is 6.55. The molecule has 2 N–H and O–H groups in total. The van der Waals surface area contributed by atoms with E-state index in [0.717, 1.165) is 19.0 Å². The molecule has 1 saturated carbocycles. The average Bonchev–Trinajstić information content (AvgIpc) is 2.87. The van der Waals surface area contributed by atoms with Crippen molar-refractivity contribution in [2.24, 2.45) is 5.92 Å². The van der Waals surface area contributed by atoms with Gasteiger partial charge < -0.3 is 20.1 Å². The molecule has 1 aromatic rings. The van der Waals surface area contributed by atoms with Crippen molar-refractivity contribution >= 4 is 0 Å². The number of rotatable bonds is 9. The fourth-order valence-corrected chi connectivity index (χ4v) is 6.55. The van der Waals surface area contributed by atoms with Gasteiger partial charge in [-0.2, -0.15) is 0 Å². The summed E-state index contributed by atoms with van der Waals surface area (Å²) in [5, 5.41) is 7.64. The molecule has 0 spiro atoms. The number of hydrogen-bond acceptors (Lipinski definition) is 4. The molecule has 3 fully saturated rings. The number of hydrogen-bond donors (Lipinski definition) is 2. The second-order valence-corrected chi connectivity index (χ2v) is 11.7. The van der Waals surface area contributed by atoms with E-state index in [1.165, 1.54) is 75.3 Å². The van der Waals surface area contributed by atoms with Crippen molar-refractivity contribution in [2.75, 3.05) is 13.1 Å². The highest BCUT2D eigenvalue weighted by molar-refractivity contribution is 5.28. The van der Waals surface area contributed by atoms with Crippen LogP contribution in [-0.2, 0) is 9.47 Å². The van der Waals surface area contributed by atoms with Gasteiger partial charge in [0.25, 0.3) is 0 Å². The molecule has 4 rings (SSSR count). The van der Waals surface area contributed by atoms with Crippen LogP contribution >= 0.6 is 0 Å². The first-order chi connectivity index (χ1) is 16.5. The summed E-state index contributed by atoms with van der Waals surface area (Å²) in [5.74, 6) is 1.32. The van der Waals surface area contributed by atoms with E-state index in [-0.39, 0.29) is 12.2 Å². The van der Waals surface area contributed by atoms with E-state index in [0.29, 0.717) is 30.2 Å². The van der Waals surface area contributed by atoms with Crippen molar-refractivity contribution in [3.05, 3.63) is 35.4 Å². The van der Waals surface area contributed by atoms with Gasteiger partial charge in [-0.3, -0.25) is 0 Å². The summed E-state index contributed by atoms with van der Waals surface area (Å²) in [6.45, 7) is 10.9. The van der Waals surface area contributed by atoms with E-state index < -0.39 is 0 Å². The van der Waals surface area contributed by atoms with Crippen LogP contribution in [0.2, 0.25) is 0 Å². The van der Waals surface area contributed by atoms with Crippen LogP contribution in [-0.4, -0.2) is 43.5 Å². The van der Waals surface area contributed by atoms with Crippen molar-refractivity contribution in [1.82, 2.24) is 10.6 Å². The number of nitrogens with one attached hydrogen (secondary N) is 2. The second-order valence-electron chi connectivity index (χ2n) is 11.7. The van der Waals surface area contributed by atoms with Gasteiger partial charge in [-0.25, -0.2) is 0 Å². The van der Waals surface area contributed by atoms with Gasteiger partial charge in [0.15, 0.2) is 0 Å². The van der Waals surface area contributed by atoms with Crippen molar-refractivity contribution in [1.29, 1.82) is 0 Å². The molecule has 5 unspecified atom stereocenters. The van der Waals surface area contributed by atoms with Gasteiger partial charge in [0.2, 0.25) is 0 Å². The van der Waals surface area contributed by atoms with E-state index >= 15 is 0 Å². The highest BCUT2D eigenvalue weighted by Gasteiger charge is 2.35. The molecule has 0 amide bonds. The summed E-state index contributed by atoms with van der Waals surface area (Å²) < 4.78 is 12.9. The van der Waals surface area contributed by atoms with Crippen molar-refractivity contribution in [2.45, 2.75) is 134 Å². The Kier molecular flexibility index (Phi) is 9.88. The van der Waals surface area contributed by atoms with Gasteiger partial charge in [-0.15, -0.1) is 0 Å².